The van der Waals surface area contributed by atoms with E-state index in [0.29, 0.717) is 5.54 Å². The molecule has 0 saturated carbocycles. The van der Waals surface area contributed by atoms with Crippen LogP contribution in [0.4, 0.5) is 0 Å². The van der Waals surface area contributed by atoms with Crippen LogP contribution in [-0.2, 0) is 8.85 Å². The summed E-state index contributed by atoms with van der Waals surface area (Å²) in [6.45, 7) is 10.2. The highest BCUT2D eigenvalue weighted by Gasteiger charge is 2.20. The lowest BCUT2D eigenvalue weighted by Gasteiger charge is -2.21. The van der Waals surface area contributed by atoms with Gasteiger partial charge in [0.15, 0.2) is 0 Å². The van der Waals surface area contributed by atoms with Gasteiger partial charge >= 0.3 is 9.28 Å². The van der Waals surface area contributed by atoms with Crippen molar-refractivity contribution in [3.63, 3.8) is 0 Å². The fourth-order valence-electron chi connectivity index (χ4n) is 1.37. The molecule has 0 aliphatic heterocycles. The van der Waals surface area contributed by atoms with E-state index in [-0.39, 0.29) is 0 Å². The van der Waals surface area contributed by atoms with E-state index in [9.17, 15) is 0 Å². The van der Waals surface area contributed by atoms with Crippen LogP contribution in [-0.4, -0.2) is 22.5 Å². The number of hydrogen-bond donors (Lipinski definition) is 0. The first kappa shape index (κ1) is 13.1. The summed E-state index contributed by atoms with van der Waals surface area (Å²) in [7, 11) is -1.36. The van der Waals surface area contributed by atoms with Crippen LogP contribution in [0.3, 0.4) is 0 Å². The van der Waals surface area contributed by atoms with Gasteiger partial charge in [-0.2, -0.15) is 0 Å². The van der Waals surface area contributed by atoms with Crippen LogP contribution in [0.25, 0.3) is 0 Å². The Balaban J connectivity index is 3.72. The van der Waals surface area contributed by atoms with Crippen LogP contribution in [0.1, 0.15) is 47.0 Å². The monoisotopic (exact) mass is 204 g/mol. The van der Waals surface area contributed by atoms with Crippen LogP contribution in [0.2, 0.25) is 5.54 Å². The Labute approximate surface area is 84.5 Å². The fraction of sp³-hybridized carbons (Fsp3) is 1.00. The molecule has 0 rings (SSSR count). The van der Waals surface area contributed by atoms with E-state index in [1.807, 2.05) is 13.8 Å². The summed E-state index contributed by atoms with van der Waals surface area (Å²) in [6, 6.07) is 0. The molecule has 0 fully saturated rings. The van der Waals surface area contributed by atoms with E-state index in [2.05, 4.69) is 13.8 Å². The van der Waals surface area contributed by atoms with E-state index >= 15 is 0 Å². The first-order valence-corrected chi connectivity index (χ1v) is 7.10. The highest BCUT2D eigenvalue weighted by molar-refractivity contribution is 6.46. The molecule has 2 nitrogen and oxygen atoms in total. The topological polar surface area (TPSA) is 18.5 Å². The minimum atomic E-state index is -1.36. The number of rotatable bonds is 8. The Kier molecular flexibility index (Phi) is 8.81. The molecule has 0 aliphatic rings. The second-order valence-electron chi connectivity index (χ2n) is 3.40. The van der Waals surface area contributed by atoms with E-state index in [0.717, 1.165) is 13.2 Å². The molecule has 0 aromatic heterocycles. The largest absolute Gasteiger partial charge is 0.397 e. The Hall–Kier alpha value is 0.137. The van der Waals surface area contributed by atoms with Crippen LogP contribution < -0.4 is 0 Å². The normalized spacial score (nSPS) is 13.6. The zero-order valence-corrected chi connectivity index (χ0v) is 10.7. The van der Waals surface area contributed by atoms with E-state index in [1.165, 1.54) is 19.3 Å². The SMILES string of the molecule is CCCCC(C)[SiH](OCC)OCC. The molecule has 13 heavy (non-hydrogen) atoms. The lowest BCUT2D eigenvalue weighted by molar-refractivity contribution is 0.203. The predicted molar refractivity (Wildman–Crippen MR) is 59.4 cm³/mol. The average molecular weight is 204 g/mol. The first-order valence-electron chi connectivity index (χ1n) is 5.49. The Morgan fingerprint density at radius 2 is 1.62 bits per heavy atom. The highest BCUT2D eigenvalue weighted by Crippen LogP contribution is 2.19. The van der Waals surface area contributed by atoms with Crippen molar-refractivity contribution in [1.82, 2.24) is 0 Å². The molecule has 0 radical (unpaired) electrons. The maximum absolute atomic E-state index is 5.66. The second kappa shape index (κ2) is 8.72. The van der Waals surface area contributed by atoms with Crippen molar-refractivity contribution in [3.8, 4) is 0 Å². The van der Waals surface area contributed by atoms with Crippen LogP contribution in [0.5, 0.6) is 0 Å². The zero-order valence-electron chi connectivity index (χ0n) is 9.51. The summed E-state index contributed by atoms with van der Waals surface area (Å²) in [5.41, 5.74) is 0.653. The molecular weight excluding hydrogens is 180 g/mol. The number of unbranched alkanes of at least 4 members (excludes halogenated alkanes) is 1. The van der Waals surface area contributed by atoms with Gasteiger partial charge in [-0.1, -0.05) is 26.7 Å². The van der Waals surface area contributed by atoms with Crippen molar-refractivity contribution in [2.45, 2.75) is 52.5 Å². The van der Waals surface area contributed by atoms with Crippen molar-refractivity contribution in [1.29, 1.82) is 0 Å². The third-order valence-corrected chi connectivity index (χ3v) is 4.73. The van der Waals surface area contributed by atoms with Crippen molar-refractivity contribution in [2.24, 2.45) is 0 Å². The summed E-state index contributed by atoms with van der Waals surface area (Å²) in [5, 5.41) is 0. The molecule has 0 heterocycles. The van der Waals surface area contributed by atoms with Gasteiger partial charge < -0.3 is 8.85 Å². The van der Waals surface area contributed by atoms with Crippen LogP contribution in [0, 0.1) is 0 Å². The van der Waals surface area contributed by atoms with Gasteiger partial charge in [0.2, 0.25) is 0 Å². The Morgan fingerprint density at radius 3 is 2.00 bits per heavy atom. The van der Waals surface area contributed by atoms with Gasteiger partial charge in [-0.3, -0.25) is 0 Å². The van der Waals surface area contributed by atoms with Crippen molar-refractivity contribution >= 4 is 9.28 Å². The molecular formula is C10H24O2Si. The molecule has 0 aromatic carbocycles. The van der Waals surface area contributed by atoms with Crippen LogP contribution >= 0.6 is 0 Å². The quantitative estimate of drug-likeness (QED) is 0.566. The lowest BCUT2D eigenvalue weighted by Crippen LogP contribution is -2.27. The fourth-order valence-corrected chi connectivity index (χ4v) is 3.29. The third-order valence-electron chi connectivity index (χ3n) is 2.14. The molecule has 0 spiro atoms. The maximum atomic E-state index is 5.66. The minimum absolute atomic E-state index is 0.653. The molecule has 0 aliphatic carbocycles. The predicted octanol–water partition coefficient (Wildman–Crippen LogP) is 2.86. The standard InChI is InChI=1S/C10H24O2Si/c1-5-8-9-10(4)13(11-6-2)12-7-3/h10,13H,5-9H2,1-4H3. The zero-order chi connectivity index (χ0) is 10.1. The smallest absolute Gasteiger partial charge is 0.324 e. The molecule has 0 aromatic rings. The van der Waals surface area contributed by atoms with Gasteiger partial charge in [-0.15, -0.1) is 0 Å². The summed E-state index contributed by atoms with van der Waals surface area (Å²) >= 11 is 0. The number of hydrogen-bond acceptors (Lipinski definition) is 2. The molecule has 0 saturated heterocycles. The van der Waals surface area contributed by atoms with E-state index < -0.39 is 9.28 Å². The average Bonchev–Trinajstić information content (AvgIpc) is 2.14. The third kappa shape index (κ3) is 6.24. The van der Waals surface area contributed by atoms with Crippen molar-refractivity contribution in [3.05, 3.63) is 0 Å². The molecule has 80 valence electrons. The lowest BCUT2D eigenvalue weighted by atomic mass is 10.2. The Bertz CT molecular complexity index is 103. The van der Waals surface area contributed by atoms with Gasteiger partial charge in [-0.05, 0) is 25.8 Å². The summed E-state index contributed by atoms with van der Waals surface area (Å²) in [6.07, 6.45) is 3.82. The minimum Gasteiger partial charge on any atom is -0.397 e. The molecule has 1 atom stereocenters. The molecule has 0 bridgehead atoms. The maximum Gasteiger partial charge on any atom is 0.324 e. The molecule has 0 amide bonds. The summed E-state index contributed by atoms with van der Waals surface area (Å²) in [5.74, 6) is 0. The molecule has 0 N–H and O–H groups in total. The van der Waals surface area contributed by atoms with Gasteiger partial charge in [-0.25, -0.2) is 0 Å². The van der Waals surface area contributed by atoms with Crippen molar-refractivity contribution in [2.75, 3.05) is 13.2 Å². The summed E-state index contributed by atoms with van der Waals surface area (Å²) in [4.78, 5) is 0. The van der Waals surface area contributed by atoms with Gasteiger partial charge in [0.25, 0.3) is 0 Å². The molecule has 1 unspecified atom stereocenters. The van der Waals surface area contributed by atoms with Crippen molar-refractivity contribution < 1.29 is 8.85 Å². The van der Waals surface area contributed by atoms with Gasteiger partial charge in [0.05, 0.1) is 0 Å². The van der Waals surface area contributed by atoms with Crippen LogP contribution in [0.15, 0.2) is 0 Å². The van der Waals surface area contributed by atoms with E-state index in [4.69, 9.17) is 8.85 Å². The van der Waals surface area contributed by atoms with Gasteiger partial charge in [0.1, 0.15) is 0 Å². The molecule has 3 heteroatoms. The van der Waals surface area contributed by atoms with Gasteiger partial charge in [0, 0.05) is 13.2 Å². The Morgan fingerprint density at radius 1 is 1.08 bits per heavy atom. The summed E-state index contributed by atoms with van der Waals surface area (Å²) < 4.78 is 11.3. The highest BCUT2D eigenvalue weighted by atomic mass is 28.3. The second-order valence-corrected chi connectivity index (χ2v) is 5.94. The van der Waals surface area contributed by atoms with E-state index in [1.54, 1.807) is 0 Å². The first-order chi connectivity index (χ1) is 6.26.